The zero-order valence-electron chi connectivity index (χ0n) is 14.0. The Morgan fingerprint density at radius 3 is 2.52 bits per heavy atom. The summed E-state index contributed by atoms with van der Waals surface area (Å²) < 4.78 is 31.1. The molecular formula is C17H18BrNO5S. The molecule has 0 atom stereocenters. The average Bonchev–Trinajstić information content (AvgIpc) is 2.60. The van der Waals surface area contributed by atoms with Gasteiger partial charge in [-0.1, -0.05) is 28.7 Å². The number of ether oxygens (including phenoxy) is 1. The summed E-state index contributed by atoms with van der Waals surface area (Å²) in [5.41, 5.74) is 2.02. The molecule has 0 aromatic heterocycles. The van der Waals surface area contributed by atoms with E-state index in [1.807, 2.05) is 31.2 Å². The minimum Gasteiger partial charge on any atom is -0.457 e. The van der Waals surface area contributed by atoms with Crippen LogP contribution in [-0.2, 0) is 26.2 Å². The Hall–Kier alpha value is -1.74. The number of hydroxylamine groups is 1. The van der Waals surface area contributed by atoms with Crippen LogP contribution in [0.1, 0.15) is 21.5 Å². The van der Waals surface area contributed by atoms with E-state index in [9.17, 15) is 13.2 Å². The number of carbonyl (C=O) groups is 1. The van der Waals surface area contributed by atoms with Crippen LogP contribution < -0.4 is 0 Å². The zero-order valence-corrected chi connectivity index (χ0v) is 16.4. The Morgan fingerprint density at radius 2 is 1.88 bits per heavy atom. The molecule has 0 unspecified atom stereocenters. The molecule has 0 spiro atoms. The number of esters is 1. The lowest BCUT2D eigenvalue weighted by Gasteiger charge is -2.15. The van der Waals surface area contributed by atoms with Crippen LogP contribution in [0.15, 0.2) is 51.8 Å². The van der Waals surface area contributed by atoms with E-state index in [4.69, 9.17) is 9.57 Å². The predicted molar refractivity (Wildman–Crippen MR) is 96.4 cm³/mol. The number of hydrogen-bond acceptors (Lipinski definition) is 5. The maximum absolute atomic E-state index is 12.4. The molecular weight excluding hydrogens is 410 g/mol. The van der Waals surface area contributed by atoms with Crippen LogP contribution >= 0.6 is 15.9 Å². The van der Waals surface area contributed by atoms with Crippen molar-refractivity contribution in [1.82, 2.24) is 4.47 Å². The van der Waals surface area contributed by atoms with E-state index in [0.717, 1.165) is 15.6 Å². The van der Waals surface area contributed by atoms with Crippen molar-refractivity contribution >= 4 is 31.9 Å². The summed E-state index contributed by atoms with van der Waals surface area (Å²) in [6.45, 7) is 2.03. The molecule has 25 heavy (non-hydrogen) atoms. The van der Waals surface area contributed by atoms with Gasteiger partial charge in [-0.15, -0.1) is 0 Å². The van der Waals surface area contributed by atoms with Gasteiger partial charge in [-0.25, -0.2) is 13.2 Å². The van der Waals surface area contributed by atoms with Crippen molar-refractivity contribution in [2.75, 3.05) is 14.2 Å². The topological polar surface area (TPSA) is 72.9 Å². The Bertz CT molecular complexity index is 882. The number of nitrogens with zero attached hydrogens (tertiary/aromatic N) is 1. The first-order chi connectivity index (χ1) is 11.8. The number of carbonyl (C=O) groups excluding carboxylic acids is 1. The highest BCUT2D eigenvalue weighted by Gasteiger charge is 2.23. The Morgan fingerprint density at radius 1 is 1.20 bits per heavy atom. The molecule has 8 heteroatoms. The van der Waals surface area contributed by atoms with Crippen molar-refractivity contribution in [1.29, 1.82) is 0 Å². The van der Waals surface area contributed by atoms with Gasteiger partial charge in [-0.2, -0.15) is 0 Å². The van der Waals surface area contributed by atoms with Gasteiger partial charge in [0.1, 0.15) is 6.61 Å². The van der Waals surface area contributed by atoms with Crippen LogP contribution in [0.3, 0.4) is 0 Å². The fraction of sp³-hybridized carbons (Fsp3) is 0.235. The standard InChI is InChI=1S/C17H18BrNO5S/c1-12-6-4-5-7-13(12)11-24-17(20)15-10-14(8-9-16(15)18)25(21,22)19(2)23-3/h4-10H,11H2,1-3H3. The molecule has 0 heterocycles. The molecule has 0 radical (unpaired) electrons. The second-order valence-corrected chi connectivity index (χ2v) is 8.03. The molecule has 0 amide bonds. The van der Waals surface area contributed by atoms with E-state index < -0.39 is 16.0 Å². The van der Waals surface area contributed by atoms with Crippen LogP contribution in [0.5, 0.6) is 0 Å². The van der Waals surface area contributed by atoms with Gasteiger partial charge < -0.3 is 4.74 Å². The molecule has 2 rings (SSSR count). The summed E-state index contributed by atoms with van der Waals surface area (Å²) >= 11 is 3.25. The maximum atomic E-state index is 12.4. The van der Waals surface area contributed by atoms with Gasteiger partial charge in [0.25, 0.3) is 10.0 Å². The second-order valence-electron chi connectivity index (χ2n) is 5.24. The van der Waals surface area contributed by atoms with Crippen molar-refractivity contribution in [2.45, 2.75) is 18.4 Å². The quantitative estimate of drug-likeness (QED) is 0.522. The van der Waals surface area contributed by atoms with E-state index in [0.29, 0.717) is 4.47 Å². The first-order valence-corrected chi connectivity index (χ1v) is 9.55. The number of rotatable bonds is 6. The summed E-state index contributed by atoms with van der Waals surface area (Å²) in [6.07, 6.45) is 0. The summed E-state index contributed by atoms with van der Waals surface area (Å²) in [5.74, 6) is -0.618. The monoisotopic (exact) mass is 427 g/mol. The number of halogens is 1. The SMILES string of the molecule is CON(C)S(=O)(=O)c1ccc(Br)c(C(=O)OCc2ccccc2C)c1. The fourth-order valence-electron chi connectivity index (χ4n) is 2.06. The van der Waals surface area contributed by atoms with Gasteiger partial charge in [-0.3, -0.25) is 4.84 Å². The molecule has 0 aliphatic heterocycles. The first-order valence-electron chi connectivity index (χ1n) is 7.31. The van der Waals surface area contributed by atoms with Crippen LogP contribution in [0.2, 0.25) is 0 Å². The van der Waals surface area contributed by atoms with E-state index in [1.54, 1.807) is 0 Å². The highest BCUT2D eigenvalue weighted by atomic mass is 79.9. The molecule has 0 aliphatic rings. The minimum absolute atomic E-state index is 0.0668. The fourth-order valence-corrected chi connectivity index (χ4v) is 3.47. The summed E-state index contributed by atoms with van der Waals surface area (Å²) in [7, 11) is -1.34. The van der Waals surface area contributed by atoms with E-state index in [-0.39, 0.29) is 17.1 Å². The summed E-state index contributed by atoms with van der Waals surface area (Å²) in [5, 5.41) is 0. The smallest absolute Gasteiger partial charge is 0.339 e. The number of benzene rings is 2. The van der Waals surface area contributed by atoms with Gasteiger partial charge in [0.05, 0.1) is 17.6 Å². The van der Waals surface area contributed by atoms with Crippen molar-refractivity contribution in [3.05, 3.63) is 63.6 Å². The predicted octanol–water partition coefficient (Wildman–Crippen LogP) is 3.30. The molecule has 0 saturated carbocycles. The lowest BCUT2D eigenvalue weighted by molar-refractivity contribution is -0.0258. The van der Waals surface area contributed by atoms with Gasteiger partial charge in [0.2, 0.25) is 0 Å². The highest BCUT2D eigenvalue weighted by molar-refractivity contribution is 9.10. The molecule has 134 valence electrons. The lowest BCUT2D eigenvalue weighted by Crippen LogP contribution is -2.26. The molecule has 6 nitrogen and oxygen atoms in total. The van der Waals surface area contributed by atoms with Gasteiger partial charge in [0.15, 0.2) is 0 Å². The highest BCUT2D eigenvalue weighted by Crippen LogP contribution is 2.24. The maximum Gasteiger partial charge on any atom is 0.339 e. The van der Waals surface area contributed by atoms with Crippen LogP contribution in [0, 0.1) is 6.92 Å². The largest absolute Gasteiger partial charge is 0.457 e. The number of aryl methyl sites for hydroxylation is 1. The first kappa shape index (κ1) is 19.6. The molecule has 0 saturated heterocycles. The second kappa shape index (κ2) is 8.09. The molecule has 0 bridgehead atoms. The van der Waals surface area contributed by atoms with Gasteiger partial charge in [0, 0.05) is 11.5 Å². The molecule has 2 aromatic rings. The molecule has 2 aromatic carbocycles. The normalized spacial score (nSPS) is 11.6. The van der Waals surface area contributed by atoms with E-state index in [1.165, 1.54) is 32.4 Å². The van der Waals surface area contributed by atoms with Crippen molar-refractivity contribution in [3.63, 3.8) is 0 Å². The third kappa shape index (κ3) is 4.46. The Balaban J connectivity index is 2.25. The zero-order chi connectivity index (χ0) is 18.6. The molecule has 0 N–H and O–H groups in total. The molecule has 0 fully saturated rings. The lowest BCUT2D eigenvalue weighted by atomic mass is 10.1. The van der Waals surface area contributed by atoms with Crippen molar-refractivity contribution in [3.8, 4) is 0 Å². The van der Waals surface area contributed by atoms with Crippen LogP contribution in [0.4, 0.5) is 0 Å². The summed E-state index contributed by atoms with van der Waals surface area (Å²) in [4.78, 5) is 17.0. The average molecular weight is 428 g/mol. The van der Waals surface area contributed by atoms with Crippen LogP contribution in [0.25, 0.3) is 0 Å². The van der Waals surface area contributed by atoms with E-state index in [2.05, 4.69) is 15.9 Å². The van der Waals surface area contributed by atoms with Gasteiger partial charge >= 0.3 is 5.97 Å². The van der Waals surface area contributed by atoms with Gasteiger partial charge in [-0.05, 0) is 52.2 Å². The van der Waals surface area contributed by atoms with Crippen LogP contribution in [-0.4, -0.2) is 33.0 Å². The molecule has 0 aliphatic carbocycles. The Kier molecular flexibility index (Phi) is 6.34. The summed E-state index contributed by atoms with van der Waals surface area (Å²) in [6, 6.07) is 11.7. The van der Waals surface area contributed by atoms with Crippen molar-refractivity contribution < 1.29 is 22.8 Å². The number of hydrogen-bond donors (Lipinski definition) is 0. The third-order valence-corrected chi connectivity index (χ3v) is 6.04. The minimum atomic E-state index is -3.85. The number of sulfonamides is 1. The van der Waals surface area contributed by atoms with Crippen molar-refractivity contribution in [2.24, 2.45) is 0 Å². The Labute approximate surface area is 155 Å². The third-order valence-electron chi connectivity index (χ3n) is 3.67. The van der Waals surface area contributed by atoms with E-state index >= 15 is 0 Å².